The summed E-state index contributed by atoms with van der Waals surface area (Å²) in [5, 5.41) is 4.06. The summed E-state index contributed by atoms with van der Waals surface area (Å²) in [6.07, 6.45) is 5.39. The molecule has 0 radical (unpaired) electrons. The van der Waals surface area contributed by atoms with E-state index in [0.717, 1.165) is 20.7 Å². The second-order valence-corrected chi connectivity index (χ2v) is 4.54. The average molecular weight is 325 g/mol. The van der Waals surface area contributed by atoms with E-state index < -0.39 is 0 Å². The number of nitrogens with zero attached hydrogens (tertiary/aromatic N) is 5. The number of rotatable bonds is 1. The summed E-state index contributed by atoms with van der Waals surface area (Å²) in [4.78, 5) is 8.53. The van der Waals surface area contributed by atoms with Gasteiger partial charge in [0.2, 0.25) is 0 Å². The largest absolute Gasteiger partial charge is 0.295 e. The first-order valence-corrected chi connectivity index (χ1v) is 5.80. The molecule has 0 saturated carbocycles. The lowest BCUT2D eigenvalue weighted by atomic mass is 10.2. The Bertz CT molecular complexity index is 654. The fourth-order valence-corrected chi connectivity index (χ4v) is 2.19. The second-order valence-electron chi connectivity index (χ2n) is 3.43. The van der Waals surface area contributed by atoms with Crippen LogP contribution in [0.2, 0.25) is 0 Å². The van der Waals surface area contributed by atoms with Gasteiger partial charge in [0, 0.05) is 18.8 Å². The molecule has 0 saturated heterocycles. The molecule has 0 N–H and O–H groups in total. The molecule has 3 heterocycles. The third-order valence-electron chi connectivity index (χ3n) is 2.44. The molecule has 0 amide bonds. The minimum Gasteiger partial charge on any atom is -0.295 e. The number of hydrogen-bond acceptors (Lipinski definition) is 3. The lowest BCUT2D eigenvalue weighted by molar-refractivity contribution is 0.774. The maximum absolute atomic E-state index is 4.32. The Kier molecular flexibility index (Phi) is 2.16. The van der Waals surface area contributed by atoms with Crippen molar-refractivity contribution < 1.29 is 0 Å². The third kappa shape index (κ3) is 1.41. The molecule has 6 heteroatoms. The normalized spacial score (nSPS) is 11.1. The topological polar surface area (TPSA) is 48.0 Å². The van der Waals surface area contributed by atoms with Crippen molar-refractivity contribution in [2.75, 3.05) is 0 Å². The van der Waals surface area contributed by atoms with Crippen molar-refractivity contribution in [2.45, 2.75) is 0 Å². The summed E-state index contributed by atoms with van der Waals surface area (Å²) in [6, 6.07) is 4.02. The lowest BCUT2D eigenvalue weighted by Gasteiger charge is -2.01. The van der Waals surface area contributed by atoms with Crippen molar-refractivity contribution in [3.63, 3.8) is 0 Å². The number of aromatic nitrogens is 5. The molecule has 0 atom stereocenters. The molecule has 0 unspecified atom stereocenters. The molecule has 0 aromatic carbocycles. The molecule has 3 rings (SSSR count). The van der Waals surface area contributed by atoms with Gasteiger partial charge in [0.05, 0.1) is 6.20 Å². The maximum Gasteiger partial charge on any atom is 0.157 e. The fourth-order valence-electron chi connectivity index (χ4n) is 1.65. The molecule has 80 valence electrons. The van der Waals surface area contributed by atoms with Crippen LogP contribution in [-0.4, -0.2) is 24.1 Å². The van der Waals surface area contributed by atoms with Crippen LogP contribution in [0.15, 0.2) is 30.9 Å². The summed E-state index contributed by atoms with van der Waals surface area (Å²) < 4.78 is 4.87. The first kappa shape index (κ1) is 9.76. The van der Waals surface area contributed by atoms with Gasteiger partial charge in [-0.25, -0.2) is 14.6 Å². The summed E-state index contributed by atoms with van der Waals surface area (Å²) >= 11 is 2.25. The molecule has 0 aliphatic rings. The molecule has 0 aliphatic carbocycles. The molecular formula is C10H8IN5. The Morgan fingerprint density at radius 3 is 2.94 bits per heavy atom. The maximum atomic E-state index is 4.32. The SMILES string of the molecule is Cn1ncnc1-c1ccn2c(I)cnc2c1. The summed E-state index contributed by atoms with van der Waals surface area (Å²) in [7, 11) is 1.88. The minimum absolute atomic E-state index is 0.848. The minimum atomic E-state index is 0.848. The molecular weight excluding hydrogens is 317 g/mol. The van der Waals surface area contributed by atoms with Gasteiger partial charge in [-0.3, -0.25) is 4.40 Å². The van der Waals surface area contributed by atoms with E-state index in [9.17, 15) is 0 Å². The van der Waals surface area contributed by atoms with Crippen LogP contribution in [0.3, 0.4) is 0 Å². The Morgan fingerprint density at radius 2 is 2.19 bits per heavy atom. The van der Waals surface area contributed by atoms with Crippen molar-refractivity contribution in [2.24, 2.45) is 7.05 Å². The van der Waals surface area contributed by atoms with Gasteiger partial charge < -0.3 is 0 Å². The van der Waals surface area contributed by atoms with Gasteiger partial charge in [0.1, 0.15) is 15.7 Å². The molecule has 3 aromatic rings. The summed E-state index contributed by atoms with van der Waals surface area (Å²) in [6.45, 7) is 0. The van der Waals surface area contributed by atoms with Crippen LogP contribution in [0.4, 0.5) is 0 Å². The predicted octanol–water partition coefficient (Wildman–Crippen LogP) is 1.73. The molecule has 3 aromatic heterocycles. The fraction of sp³-hybridized carbons (Fsp3) is 0.100. The molecule has 5 nitrogen and oxygen atoms in total. The molecule has 0 bridgehead atoms. The Balaban J connectivity index is 2.23. The Morgan fingerprint density at radius 1 is 1.31 bits per heavy atom. The second kappa shape index (κ2) is 3.55. The standard InChI is InChI=1S/C10H8IN5/c1-15-10(13-6-14-15)7-2-3-16-8(11)5-12-9(16)4-7/h2-6H,1H3. The Hall–Kier alpha value is -1.44. The average Bonchev–Trinajstić information content (AvgIpc) is 2.86. The Labute approximate surface area is 105 Å². The highest BCUT2D eigenvalue weighted by Crippen LogP contribution is 2.18. The highest BCUT2D eigenvalue weighted by molar-refractivity contribution is 14.1. The number of halogens is 1. The van der Waals surface area contributed by atoms with Crippen molar-refractivity contribution in [1.82, 2.24) is 24.1 Å². The van der Waals surface area contributed by atoms with Crippen molar-refractivity contribution >= 4 is 28.2 Å². The van der Waals surface area contributed by atoms with Crippen LogP contribution in [0.1, 0.15) is 0 Å². The van der Waals surface area contributed by atoms with Crippen molar-refractivity contribution in [1.29, 1.82) is 0 Å². The summed E-state index contributed by atoms with van der Waals surface area (Å²) in [5.41, 5.74) is 1.94. The van der Waals surface area contributed by atoms with Gasteiger partial charge in [-0.1, -0.05) is 0 Å². The molecule has 0 aliphatic heterocycles. The van der Waals surface area contributed by atoms with E-state index in [4.69, 9.17) is 0 Å². The van der Waals surface area contributed by atoms with Gasteiger partial charge in [0.15, 0.2) is 5.82 Å². The number of aryl methyl sites for hydroxylation is 1. The monoisotopic (exact) mass is 325 g/mol. The van der Waals surface area contributed by atoms with E-state index in [-0.39, 0.29) is 0 Å². The van der Waals surface area contributed by atoms with Gasteiger partial charge >= 0.3 is 0 Å². The van der Waals surface area contributed by atoms with Crippen molar-refractivity contribution in [3.05, 3.63) is 34.6 Å². The van der Waals surface area contributed by atoms with Crippen molar-refractivity contribution in [3.8, 4) is 11.4 Å². The smallest absolute Gasteiger partial charge is 0.157 e. The van der Waals surface area contributed by atoms with E-state index in [1.165, 1.54) is 0 Å². The number of imidazole rings is 1. The molecule has 0 fully saturated rings. The number of hydrogen-bond donors (Lipinski definition) is 0. The van der Waals surface area contributed by atoms with Crippen LogP contribution < -0.4 is 0 Å². The lowest BCUT2D eigenvalue weighted by Crippen LogP contribution is -1.95. The number of pyridine rings is 1. The number of fused-ring (bicyclic) bond motifs is 1. The zero-order valence-electron chi connectivity index (χ0n) is 8.50. The zero-order valence-corrected chi connectivity index (χ0v) is 10.7. The quantitative estimate of drug-likeness (QED) is 0.640. The van der Waals surface area contributed by atoms with Gasteiger partial charge in [-0.05, 0) is 34.7 Å². The van der Waals surface area contributed by atoms with E-state index in [1.54, 1.807) is 11.0 Å². The molecule has 16 heavy (non-hydrogen) atoms. The van der Waals surface area contributed by atoms with E-state index >= 15 is 0 Å². The van der Waals surface area contributed by atoms with Crippen LogP contribution in [0.5, 0.6) is 0 Å². The highest BCUT2D eigenvalue weighted by Gasteiger charge is 2.06. The third-order valence-corrected chi connectivity index (χ3v) is 3.24. The van der Waals surface area contributed by atoms with Gasteiger partial charge in [-0.2, -0.15) is 5.10 Å². The molecule has 0 spiro atoms. The van der Waals surface area contributed by atoms with E-state index in [2.05, 4.69) is 37.7 Å². The summed E-state index contributed by atoms with van der Waals surface area (Å²) in [5.74, 6) is 0.848. The van der Waals surface area contributed by atoms with Gasteiger partial charge in [0.25, 0.3) is 0 Å². The first-order chi connectivity index (χ1) is 7.75. The van der Waals surface area contributed by atoms with Crippen LogP contribution >= 0.6 is 22.6 Å². The zero-order chi connectivity index (χ0) is 11.1. The van der Waals surface area contributed by atoms with Crippen LogP contribution in [0.25, 0.3) is 17.0 Å². The predicted molar refractivity (Wildman–Crippen MR) is 67.9 cm³/mol. The van der Waals surface area contributed by atoms with E-state index in [0.29, 0.717) is 0 Å². The first-order valence-electron chi connectivity index (χ1n) is 4.73. The van der Waals surface area contributed by atoms with E-state index in [1.807, 2.05) is 36.0 Å². The van der Waals surface area contributed by atoms with Crippen LogP contribution in [0, 0.1) is 3.70 Å². The highest BCUT2D eigenvalue weighted by atomic mass is 127. The van der Waals surface area contributed by atoms with Gasteiger partial charge in [-0.15, -0.1) is 0 Å². The van der Waals surface area contributed by atoms with Crippen LogP contribution in [-0.2, 0) is 7.05 Å².